The molecule has 2 aromatic rings. The molecule has 0 saturated heterocycles. The summed E-state index contributed by atoms with van der Waals surface area (Å²) in [5, 5.41) is 13.0. The number of anilines is 1. The van der Waals surface area contributed by atoms with E-state index >= 15 is 0 Å². The van der Waals surface area contributed by atoms with Crippen molar-refractivity contribution in [1.29, 1.82) is 0 Å². The van der Waals surface area contributed by atoms with E-state index in [1.54, 1.807) is 18.2 Å². The van der Waals surface area contributed by atoms with Gasteiger partial charge in [-0.05, 0) is 46.9 Å². The van der Waals surface area contributed by atoms with Crippen molar-refractivity contribution in [1.82, 2.24) is 0 Å². The SMILES string of the molecule is OC(CNc1cccc(I)c1)c1ccccc1F. The number of benzene rings is 2. The number of aliphatic hydroxyl groups excluding tert-OH is 1. The second-order valence-electron chi connectivity index (χ2n) is 3.93. The smallest absolute Gasteiger partial charge is 0.129 e. The fraction of sp³-hybridized carbons (Fsp3) is 0.143. The van der Waals surface area contributed by atoms with Crippen LogP contribution in [0.4, 0.5) is 10.1 Å². The van der Waals surface area contributed by atoms with Crippen LogP contribution in [0.5, 0.6) is 0 Å². The lowest BCUT2D eigenvalue weighted by atomic mass is 10.1. The van der Waals surface area contributed by atoms with Crippen molar-refractivity contribution in [3.8, 4) is 0 Å². The summed E-state index contributed by atoms with van der Waals surface area (Å²) in [4.78, 5) is 0. The standard InChI is InChI=1S/C14H13FINO/c15-13-7-2-1-6-12(13)14(18)9-17-11-5-3-4-10(16)8-11/h1-8,14,17-18H,9H2. The molecule has 18 heavy (non-hydrogen) atoms. The van der Waals surface area contributed by atoms with Crippen molar-refractivity contribution in [2.75, 3.05) is 11.9 Å². The zero-order valence-electron chi connectivity index (χ0n) is 9.61. The lowest BCUT2D eigenvalue weighted by Crippen LogP contribution is -2.13. The van der Waals surface area contributed by atoms with E-state index in [0.29, 0.717) is 5.56 Å². The molecule has 94 valence electrons. The predicted molar refractivity (Wildman–Crippen MR) is 79.0 cm³/mol. The topological polar surface area (TPSA) is 32.3 Å². The minimum atomic E-state index is -0.857. The fourth-order valence-electron chi connectivity index (χ4n) is 1.67. The van der Waals surface area contributed by atoms with Gasteiger partial charge < -0.3 is 10.4 Å². The molecule has 4 heteroatoms. The van der Waals surface area contributed by atoms with E-state index in [9.17, 15) is 9.50 Å². The molecule has 2 N–H and O–H groups in total. The first-order chi connectivity index (χ1) is 8.66. The second-order valence-corrected chi connectivity index (χ2v) is 5.17. The number of hydrogen-bond acceptors (Lipinski definition) is 2. The summed E-state index contributed by atoms with van der Waals surface area (Å²) in [5.74, 6) is -0.380. The molecule has 0 heterocycles. The van der Waals surface area contributed by atoms with Gasteiger partial charge in [0.25, 0.3) is 0 Å². The van der Waals surface area contributed by atoms with E-state index in [2.05, 4.69) is 27.9 Å². The van der Waals surface area contributed by atoms with Crippen LogP contribution in [-0.4, -0.2) is 11.7 Å². The van der Waals surface area contributed by atoms with E-state index in [1.807, 2.05) is 24.3 Å². The van der Waals surface area contributed by atoms with Gasteiger partial charge in [0.15, 0.2) is 0 Å². The molecule has 0 aliphatic rings. The summed E-state index contributed by atoms with van der Waals surface area (Å²) in [5.41, 5.74) is 1.23. The third-order valence-corrected chi connectivity index (χ3v) is 3.26. The van der Waals surface area contributed by atoms with Crippen LogP contribution in [0.25, 0.3) is 0 Å². The number of rotatable bonds is 4. The lowest BCUT2D eigenvalue weighted by Gasteiger charge is -2.14. The Morgan fingerprint density at radius 3 is 2.67 bits per heavy atom. The maximum absolute atomic E-state index is 13.4. The number of hydrogen-bond donors (Lipinski definition) is 2. The molecular weight excluding hydrogens is 344 g/mol. The van der Waals surface area contributed by atoms with Crippen LogP contribution in [0, 0.1) is 9.39 Å². The molecule has 0 aliphatic carbocycles. The van der Waals surface area contributed by atoms with Crippen LogP contribution in [0.15, 0.2) is 48.5 Å². The molecule has 0 spiro atoms. The first-order valence-corrected chi connectivity index (χ1v) is 6.66. The van der Waals surface area contributed by atoms with Crippen LogP contribution in [0.3, 0.4) is 0 Å². The lowest BCUT2D eigenvalue weighted by molar-refractivity contribution is 0.186. The fourth-order valence-corrected chi connectivity index (χ4v) is 2.21. The Kier molecular flexibility index (Phi) is 4.54. The first kappa shape index (κ1) is 13.3. The summed E-state index contributed by atoms with van der Waals surface area (Å²) in [6, 6.07) is 14.1. The molecule has 0 aromatic heterocycles. The summed E-state index contributed by atoms with van der Waals surface area (Å²) >= 11 is 2.22. The van der Waals surface area contributed by atoms with Gasteiger partial charge >= 0.3 is 0 Å². The van der Waals surface area contributed by atoms with E-state index in [-0.39, 0.29) is 12.4 Å². The Labute approximate surface area is 119 Å². The first-order valence-electron chi connectivity index (χ1n) is 5.59. The van der Waals surface area contributed by atoms with E-state index in [0.717, 1.165) is 9.26 Å². The average molecular weight is 357 g/mol. The van der Waals surface area contributed by atoms with Gasteiger partial charge in [0.1, 0.15) is 5.82 Å². The van der Waals surface area contributed by atoms with Gasteiger partial charge in [0, 0.05) is 21.4 Å². The van der Waals surface area contributed by atoms with Gasteiger partial charge in [0.2, 0.25) is 0 Å². The third kappa shape index (κ3) is 3.43. The van der Waals surface area contributed by atoms with Gasteiger partial charge in [-0.15, -0.1) is 0 Å². The monoisotopic (exact) mass is 357 g/mol. The normalized spacial score (nSPS) is 12.2. The van der Waals surface area contributed by atoms with Gasteiger partial charge in [-0.1, -0.05) is 24.3 Å². The van der Waals surface area contributed by atoms with Crippen LogP contribution >= 0.6 is 22.6 Å². The highest BCUT2D eigenvalue weighted by Gasteiger charge is 2.11. The highest BCUT2D eigenvalue weighted by Crippen LogP contribution is 2.18. The maximum atomic E-state index is 13.4. The average Bonchev–Trinajstić information content (AvgIpc) is 2.37. The van der Waals surface area contributed by atoms with Crippen LogP contribution in [0.2, 0.25) is 0 Å². The molecule has 0 saturated carbocycles. The van der Waals surface area contributed by atoms with Crippen molar-refractivity contribution >= 4 is 28.3 Å². The number of aliphatic hydroxyl groups is 1. The quantitative estimate of drug-likeness (QED) is 0.820. The Hall–Kier alpha value is -1.14. The van der Waals surface area contributed by atoms with Crippen LogP contribution in [-0.2, 0) is 0 Å². The Bertz CT molecular complexity index is 533. The molecule has 0 fully saturated rings. The van der Waals surface area contributed by atoms with Crippen LogP contribution < -0.4 is 5.32 Å². The second kappa shape index (κ2) is 6.15. The molecule has 2 aromatic carbocycles. The maximum Gasteiger partial charge on any atom is 0.129 e. The third-order valence-electron chi connectivity index (χ3n) is 2.59. The van der Waals surface area contributed by atoms with Crippen molar-refractivity contribution in [3.63, 3.8) is 0 Å². The molecule has 1 atom stereocenters. The molecule has 0 radical (unpaired) electrons. The number of halogens is 2. The molecule has 0 aliphatic heterocycles. The number of nitrogens with one attached hydrogen (secondary N) is 1. The summed E-state index contributed by atoms with van der Waals surface area (Å²) in [6.07, 6.45) is -0.857. The summed E-state index contributed by atoms with van der Waals surface area (Å²) < 4.78 is 14.6. The summed E-state index contributed by atoms with van der Waals surface area (Å²) in [6.45, 7) is 0.279. The van der Waals surface area contributed by atoms with E-state index < -0.39 is 6.10 Å². The van der Waals surface area contributed by atoms with Crippen molar-refractivity contribution in [2.24, 2.45) is 0 Å². The van der Waals surface area contributed by atoms with E-state index in [1.165, 1.54) is 6.07 Å². The zero-order chi connectivity index (χ0) is 13.0. The minimum absolute atomic E-state index is 0.279. The van der Waals surface area contributed by atoms with Gasteiger partial charge in [-0.2, -0.15) is 0 Å². The largest absolute Gasteiger partial charge is 0.386 e. The Morgan fingerprint density at radius 1 is 1.17 bits per heavy atom. The molecule has 0 bridgehead atoms. The van der Waals surface area contributed by atoms with E-state index in [4.69, 9.17) is 0 Å². The Morgan fingerprint density at radius 2 is 1.94 bits per heavy atom. The molecule has 2 nitrogen and oxygen atoms in total. The molecular formula is C14H13FINO. The molecule has 2 rings (SSSR count). The van der Waals surface area contributed by atoms with Gasteiger partial charge in [-0.3, -0.25) is 0 Å². The van der Waals surface area contributed by atoms with Crippen molar-refractivity contribution in [3.05, 3.63) is 63.5 Å². The van der Waals surface area contributed by atoms with Crippen molar-refractivity contribution in [2.45, 2.75) is 6.10 Å². The van der Waals surface area contributed by atoms with Crippen molar-refractivity contribution < 1.29 is 9.50 Å². The zero-order valence-corrected chi connectivity index (χ0v) is 11.8. The minimum Gasteiger partial charge on any atom is -0.386 e. The highest BCUT2D eigenvalue weighted by atomic mass is 127. The molecule has 1 unspecified atom stereocenters. The summed E-state index contributed by atoms with van der Waals surface area (Å²) in [7, 11) is 0. The van der Waals surface area contributed by atoms with Crippen LogP contribution in [0.1, 0.15) is 11.7 Å². The molecule has 0 amide bonds. The predicted octanol–water partition coefficient (Wildman–Crippen LogP) is 3.58. The Balaban J connectivity index is 2.00. The van der Waals surface area contributed by atoms with Gasteiger partial charge in [-0.25, -0.2) is 4.39 Å². The van der Waals surface area contributed by atoms with Gasteiger partial charge in [0.05, 0.1) is 6.10 Å². The highest BCUT2D eigenvalue weighted by molar-refractivity contribution is 14.1.